The molecule has 0 fully saturated rings. The Labute approximate surface area is 183 Å². The number of hydrogen-bond acceptors (Lipinski definition) is 9. The second kappa shape index (κ2) is 8.29. The number of thioether (sulfide) groups is 1. The van der Waals surface area contributed by atoms with Crippen LogP contribution in [0, 0.1) is 13.8 Å². The van der Waals surface area contributed by atoms with Gasteiger partial charge in [-0.1, -0.05) is 27.7 Å². The van der Waals surface area contributed by atoms with Gasteiger partial charge in [0, 0.05) is 21.2 Å². The smallest absolute Gasteiger partial charge is 0.374 e. The number of thiazole rings is 1. The number of carbonyl (C=O) groups is 1. The van der Waals surface area contributed by atoms with Crippen molar-refractivity contribution in [1.29, 1.82) is 0 Å². The van der Waals surface area contributed by atoms with Crippen LogP contribution < -0.4 is 0 Å². The maximum atomic E-state index is 12.4. The van der Waals surface area contributed by atoms with Gasteiger partial charge in [0.1, 0.15) is 10.5 Å². The molecule has 29 heavy (non-hydrogen) atoms. The number of furan rings is 1. The summed E-state index contributed by atoms with van der Waals surface area (Å²) < 4.78 is 17.6. The molecule has 10 heteroatoms. The first-order valence-corrected chi connectivity index (χ1v) is 11.3. The topological polar surface area (TPSA) is 91.2 Å². The summed E-state index contributed by atoms with van der Waals surface area (Å²) in [5, 5.41) is 10.4. The quantitative estimate of drug-likeness (QED) is 0.246. The fraction of sp³-hybridized carbons (Fsp3) is 0.263. The van der Waals surface area contributed by atoms with Gasteiger partial charge in [0.25, 0.3) is 11.1 Å². The first-order valence-electron chi connectivity index (χ1n) is 8.75. The van der Waals surface area contributed by atoms with E-state index in [4.69, 9.17) is 13.6 Å². The van der Waals surface area contributed by atoms with Gasteiger partial charge in [-0.15, -0.1) is 21.5 Å². The van der Waals surface area contributed by atoms with E-state index in [0.717, 1.165) is 31.0 Å². The highest BCUT2D eigenvalue weighted by Crippen LogP contribution is 2.35. The number of nitrogens with zero attached hydrogens (tertiary/aromatic N) is 3. The van der Waals surface area contributed by atoms with Crippen molar-refractivity contribution in [2.24, 2.45) is 0 Å². The summed E-state index contributed by atoms with van der Waals surface area (Å²) in [5.41, 5.74) is 2.21. The molecule has 7 nitrogen and oxygen atoms in total. The Kier molecular flexibility index (Phi) is 5.75. The predicted molar refractivity (Wildman–Crippen MR) is 114 cm³/mol. The van der Waals surface area contributed by atoms with Gasteiger partial charge in [-0.05, 0) is 39.0 Å². The normalized spacial score (nSPS) is 11.3. The lowest BCUT2D eigenvalue weighted by atomic mass is 10.1. The highest BCUT2D eigenvalue weighted by atomic mass is 79.9. The molecule has 0 spiro atoms. The first-order chi connectivity index (χ1) is 14.0. The molecule has 4 rings (SSSR count). The SMILES string of the molecule is CCOC(=O)c1oc2ccc(Br)cc2c1CSc1nnc(-c2sc(C)nc2C)o1. The van der Waals surface area contributed by atoms with Crippen molar-refractivity contribution >= 4 is 56.0 Å². The van der Waals surface area contributed by atoms with E-state index in [-0.39, 0.29) is 12.4 Å². The second-order valence-corrected chi connectivity index (χ2v) is 9.13. The summed E-state index contributed by atoms with van der Waals surface area (Å²) in [6, 6.07) is 5.59. The Morgan fingerprint density at radius 2 is 2.10 bits per heavy atom. The van der Waals surface area contributed by atoms with Crippen LogP contribution in [0.15, 0.2) is 36.7 Å². The van der Waals surface area contributed by atoms with Crippen LogP contribution >= 0.6 is 39.0 Å². The number of esters is 1. The molecule has 0 radical (unpaired) electrons. The van der Waals surface area contributed by atoms with Gasteiger partial charge in [0.2, 0.25) is 5.76 Å². The Balaban J connectivity index is 1.62. The molecular formula is C19H16BrN3O4S2. The molecule has 0 aliphatic carbocycles. The van der Waals surface area contributed by atoms with Gasteiger partial charge in [0.05, 0.1) is 17.3 Å². The highest BCUT2D eigenvalue weighted by molar-refractivity contribution is 9.10. The first kappa shape index (κ1) is 20.1. The number of hydrogen-bond donors (Lipinski definition) is 0. The van der Waals surface area contributed by atoms with E-state index >= 15 is 0 Å². The zero-order valence-corrected chi connectivity index (χ0v) is 19.0. The molecule has 3 heterocycles. The molecule has 0 amide bonds. The lowest BCUT2D eigenvalue weighted by Crippen LogP contribution is -2.05. The summed E-state index contributed by atoms with van der Waals surface area (Å²) in [4.78, 5) is 17.6. The summed E-state index contributed by atoms with van der Waals surface area (Å²) in [5.74, 6) is 0.569. The van der Waals surface area contributed by atoms with Gasteiger partial charge < -0.3 is 13.6 Å². The van der Waals surface area contributed by atoms with Crippen molar-refractivity contribution < 1.29 is 18.4 Å². The molecular weight excluding hydrogens is 478 g/mol. The molecule has 150 valence electrons. The van der Waals surface area contributed by atoms with Crippen molar-refractivity contribution in [3.63, 3.8) is 0 Å². The number of carbonyl (C=O) groups excluding carboxylic acids is 1. The van der Waals surface area contributed by atoms with E-state index in [1.807, 2.05) is 32.0 Å². The van der Waals surface area contributed by atoms with Crippen LogP contribution in [0.25, 0.3) is 21.7 Å². The molecule has 3 aromatic heterocycles. The van der Waals surface area contributed by atoms with Crippen molar-refractivity contribution in [1.82, 2.24) is 15.2 Å². The van der Waals surface area contributed by atoms with Crippen LogP contribution in [0.2, 0.25) is 0 Å². The lowest BCUT2D eigenvalue weighted by molar-refractivity contribution is 0.0491. The van der Waals surface area contributed by atoms with Gasteiger partial charge in [-0.2, -0.15) is 0 Å². The molecule has 0 saturated carbocycles. The van der Waals surface area contributed by atoms with Crippen LogP contribution in [-0.2, 0) is 10.5 Å². The molecule has 0 atom stereocenters. The number of aromatic nitrogens is 3. The average Bonchev–Trinajstić information content (AvgIpc) is 3.37. The zero-order valence-electron chi connectivity index (χ0n) is 15.8. The molecule has 4 aromatic rings. The molecule has 0 aliphatic heterocycles. The fourth-order valence-corrected chi connectivity index (χ4v) is 4.84. The van der Waals surface area contributed by atoms with Gasteiger partial charge in [0.15, 0.2) is 0 Å². The van der Waals surface area contributed by atoms with Crippen molar-refractivity contribution in [2.45, 2.75) is 31.7 Å². The fourth-order valence-electron chi connectivity index (χ4n) is 2.85. The summed E-state index contributed by atoms with van der Waals surface area (Å²) >= 11 is 6.32. The van der Waals surface area contributed by atoms with E-state index < -0.39 is 5.97 Å². The minimum atomic E-state index is -0.489. The molecule has 0 N–H and O–H groups in total. The minimum Gasteiger partial charge on any atom is -0.460 e. The van der Waals surface area contributed by atoms with Crippen molar-refractivity contribution in [3.05, 3.63) is 44.7 Å². The number of fused-ring (bicyclic) bond motifs is 1. The molecule has 1 aromatic carbocycles. The lowest BCUT2D eigenvalue weighted by Gasteiger charge is -2.01. The summed E-state index contributed by atoms with van der Waals surface area (Å²) in [6.07, 6.45) is 0. The van der Waals surface area contributed by atoms with E-state index in [2.05, 4.69) is 31.1 Å². The van der Waals surface area contributed by atoms with Crippen LogP contribution in [0.1, 0.15) is 33.7 Å². The summed E-state index contributed by atoms with van der Waals surface area (Å²) in [7, 11) is 0. The third kappa shape index (κ3) is 4.10. The maximum Gasteiger partial charge on any atom is 0.374 e. The monoisotopic (exact) mass is 493 g/mol. The number of benzene rings is 1. The molecule has 0 saturated heterocycles. The standard InChI is InChI=1S/C19H16BrN3O4S2/c1-4-25-18(24)15-13(12-7-11(20)5-6-14(12)26-15)8-28-19-23-22-17(27-19)16-9(2)21-10(3)29-16/h5-7H,4,8H2,1-3H3. The van der Waals surface area contributed by atoms with Crippen LogP contribution in [0.4, 0.5) is 0 Å². The van der Waals surface area contributed by atoms with Crippen LogP contribution in [0.3, 0.4) is 0 Å². The number of halogens is 1. The molecule has 0 aliphatic rings. The highest BCUT2D eigenvalue weighted by Gasteiger charge is 2.23. The third-order valence-corrected chi connectivity index (χ3v) is 6.46. The zero-order chi connectivity index (χ0) is 20.5. The van der Waals surface area contributed by atoms with Crippen LogP contribution in [0.5, 0.6) is 0 Å². The van der Waals surface area contributed by atoms with Crippen molar-refractivity contribution in [2.75, 3.05) is 6.61 Å². The Morgan fingerprint density at radius 1 is 1.28 bits per heavy atom. The average molecular weight is 494 g/mol. The summed E-state index contributed by atoms with van der Waals surface area (Å²) in [6.45, 7) is 5.88. The number of rotatable bonds is 6. The maximum absolute atomic E-state index is 12.4. The van der Waals surface area contributed by atoms with Gasteiger partial charge >= 0.3 is 5.97 Å². The molecule has 0 unspecified atom stereocenters. The Hall–Kier alpha value is -2.17. The molecule has 0 bridgehead atoms. The third-order valence-electron chi connectivity index (χ3n) is 4.06. The number of aryl methyl sites for hydroxylation is 2. The van der Waals surface area contributed by atoms with E-state index in [1.54, 1.807) is 6.92 Å². The second-order valence-electron chi connectivity index (χ2n) is 6.08. The van der Waals surface area contributed by atoms with Crippen LogP contribution in [-0.4, -0.2) is 27.8 Å². The van der Waals surface area contributed by atoms with E-state index in [9.17, 15) is 4.79 Å². The Bertz CT molecular complexity index is 1200. The largest absolute Gasteiger partial charge is 0.460 e. The van der Waals surface area contributed by atoms with Gasteiger partial charge in [-0.3, -0.25) is 0 Å². The van der Waals surface area contributed by atoms with Crippen molar-refractivity contribution in [3.8, 4) is 10.8 Å². The van der Waals surface area contributed by atoms with Gasteiger partial charge in [-0.25, -0.2) is 9.78 Å². The minimum absolute atomic E-state index is 0.195. The Morgan fingerprint density at radius 3 is 2.83 bits per heavy atom. The predicted octanol–water partition coefficient (Wildman–Crippen LogP) is 5.79. The van der Waals surface area contributed by atoms with E-state index in [1.165, 1.54) is 23.1 Å². The van der Waals surface area contributed by atoms with E-state index in [0.29, 0.717) is 22.4 Å². The number of ether oxygens (including phenoxy) is 1.